The first kappa shape index (κ1) is 12.2. The van der Waals surface area contributed by atoms with Crippen LogP contribution in [0.2, 0.25) is 0 Å². The quantitative estimate of drug-likeness (QED) is 0.838. The first-order valence-electron chi connectivity index (χ1n) is 6.68. The zero-order chi connectivity index (χ0) is 13.4. The molecule has 5 heteroatoms. The molecule has 0 fully saturated rings. The van der Waals surface area contributed by atoms with Crippen molar-refractivity contribution < 1.29 is 4.79 Å². The van der Waals surface area contributed by atoms with Gasteiger partial charge in [-0.15, -0.1) is 0 Å². The highest BCUT2D eigenvalue weighted by Gasteiger charge is 2.43. The fourth-order valence-electron chi connectivity index (χ4n) is 2.80. The number of hydrogen-bond donors (Lipinski definition) is 2. The Hall–Kier alpha value is -1.88. The Labute approximate surface area is 112 Å². The molecule has 3 rings (SSSR count). The lowest BCUT2D eigenvalue weighted by Crippen LogP contribution is -2.48. The summed E-state index contributed by atoms with van der Waals surface area (Å²) in [4.78, 5) is 14.5. The van der Waals surface area contributed by atoms with Crippen LogP contribution in [0.4, 0.5) is 5.69 Å². The number of carbonyl (C=O) groups is 1. The molecule has 0 saturated heterocycles. The number of nitrogens with zero attached hydrogens (tertiary/aromatic N) is 2. The molecule has 2 atom stereocenters. The number of rotatable bonds is 3. The van der Waals surface area contributed by atoms with E-state index in [2.05, 4.69) is 10.5 Å². The predicted molar refractivity (Wildman–Crippen MR) is 75.1 cm³/mol. The monoisotopic (exact) mass is 258 g/mol. The number of fused-ring (bicyclic) bond motifs is 3. The number of benzene rings is 1. The third kappa shape index (κ3) is 1.81. The molecule has 0 saturated carbocycles. The maximum atomic E-state index is 12.7. The van der Waals surface area contributed by atoms with Gasteiger partial charge in [0.1, 0.15) is 5.92 Å². The second-order valence-electron chi connectivity index (χ2n) is 5.04. The molecule has 0 bridgehead atoms. The van der Waals surface area contributed by atoms with Crippen molar-refractivity contribution in [2.45, 2.75) is 19.4 Å². The minimum Gasteiger partial charge on any atom is -0.330 e. The van der Waals surface area contributed by atoms with E-state index in [1.165, 1.54) is 0 Å². The maximum Gasteiger partial charge on any atom is 0.238 e. The lowest BCUT2D eigenvalue weighted by atomic mass is 9.86. The van der Waals surface area contributed by atoms with E-state index in [9.17, 15) is 4.79 Å². The molecule has 2 aliphatic rings. The van der Waals surface area contributed by atoms with Gasteiger partial charge < -0.3 is 16.1 Å². The van der Waals surface area contributed by atoms with E-state index in [0.29, 0.717) is 13.1 Å². The lowest BCUT2D eigenvalue weighted by molar-refractivity contribution is -0.121. The molecule has 0 aliphatic carbocycles. The minimum atomic E-state index is -0.173. The molecule has 2 aliphatic heterocycles. The van der Waals surface area contributed by atoms with Crippen LogP contribution in [0, 0.1) is 5.92 Å². The number of amides is 1. The van der Waals surface area contributed by atoms with Crippen molar-refractivity contribution in [3.05, 3.63) is 29.8 Å². The van der Waals surface area contributed by atoms with Gasteiger partial charge in [-0.05, 0) is 26.0 Å². The van der Waals surface area contributed by atoms with Crippen molar-refractivity contribution in [3.8, 4) is 0 Å². The Balaban J connectivity index is 2.06. The molecule has 1 amide bonds. The van der Waals surface area contributed by atoms with E-state index in [1.807, 2.05) is 36.1 Å². The Bertz CT molecular complexity index is 540. The molecule has 19 heavy (non-hydrogen) atoms. The molecule has 0 spiro atoms. The minimum absolute atomic E-state index is 0.0521. The third-order valence-corrected chi connectivity index (χ3v) is 3.77. The van der Waals surface area contributed by atoms with Gasteiger partial charge in [-0.25, -0.2) is 0 Å². The Morgan fingerprint density at radius 1 is 1.42 bits per heavy atom. The molecule has 0 aromatic heterocycles. The largest absolute Gasteiger partial charge is 0.330 e. The Morgan fingerprint density at radius 3 is 3.00 bits per heavy atom. The van der Waals surface area contributed by atoms with E-state index < -0.39 is 0 Å². The number of carbonyl (C=O) groups excluding carboxylic acids is 1. The number of para-hydroxylation sites is 1. The molecule has 2 heterocycles. The summed E-state index contributed by atoms with van der Waals surface area (Å²) in [5.74, 6) is -0.0453. The van der Waals surface area contributed by atoms with E-state index in [1.54, 1.807) is 0 Å². The molecule has 100 valence electrons. The third-order valence-electron chi connectivity index (χ3n) is 3.77. The van der Waals surface area contributed by atoms with Crippen LogP contribution in [0.1, 0.15) is 18.9 Å². The van der Waals surface area contributed by atoms with Gasteiger partial charge in [-0.2, -0.15) is 5.10 Å². The summed E-state index contributed by atoms with van der Waals surface area (Å²) in [7, 11) is 0. The number of anilines is 1. The van der Waals surface area contributed by atoms with E-state index in [4.69, 9.17) is 5.73 Å². The van der Waals surface area contributed by atoms with Gasteiger partial charge >= 0.3 is 0 Å². The summed E-state index contributed by atoms with van der Waals surface area (Å²) in [6.07, 6.45) is 0.807. The zero-order valence-electron chi connectivity index (χ0n) is 11.0. The van der Waals surface area contributed by atoms with Crippen LogP contribution < -0.4 is 16.1 Å². The fourth-order valence-corrected chi connectivity index (χ4v) is 2.80. The average molecular weight is 258 g/mol. The normalized spacial score (nSPS) is 24.6. The Morgan fingerprint density at radius 2 is 2.21 bits per heavy atom. The van der Waals surface area contributed by atoms with Crippen LogP contribution >= 0.6 is 0 Å². The first-order chi connectivity index (χ1) is 9.24. The average Bonchev–Trinajstić information content (AvgIpc) is 2.81. The summed E-state index contributed by atoms with van der Waals surface area (Å²) >= 11 is 0. The molecule has 0 radical (unpaired) electrons. The van der Waals surface area contributed by atoms with Crippen molar-refractivity contribution in [1.29, 1.82) is 0 Å². The lowest BCUT2D eigenvalue weighted by Gasteiger charge is -2.34. The van der Waals surface area contributed by atoms with E-state index in [-0.39, 0.29) is 17.9 Å². The topological polar surface area (TPSA) is 70.7 Å². The van der Waals surface area contributed by atoms with Crippen molar-refractivity contribution in [1.82, 2.24) is 5.43 Å². The van der Waals surface area contributed by atoms with Gasteiger partial charge in [-0.3, -0.25) is 4.79 Å². The summed E-state index contributed by atoms with van der Waals surface area (Å²) < 4.78 is 0. The van der Waals surface area contributed by atoms with Crippen LogP contribution in [0.5, 0.6) is 0 Å². The van der Waals surface area contributed by atoms with Gasteiger partial charge in [0.2, 0.25) is 5.91 Å². The van der Waals surface area contributed by atoms with Crippen LogP contribution in [0.3, 0.4) is 0 Å². The van der Waals surface area contributed by atoms with Crippen molar-refractivity contribution in [2.75, 3.05) is 18.0 Å². The standard InChI is InChI=1S/C14H18N4O/c1-9-12-13(17-16-9)10-5-2-3-6-11(10)18(14(12)19)8-4-7-15/h2-3,5-6,9,12,16H,4,7-8,15H2,1H3. The molecule has 1 aromatic rings. The van der Waals surface area contributed by atoms with Crippen LogP contribution in [0.25, 0.3) is 0 Å². The van der Waals surface area contributed by atoms with Gasteiger partial charge in [0.25, 0.3) is 0 Å². The van der Waals surface area contributed by atoms with Crippen LogP contribution in [-0.2, 0) is 4.79 Å². The van der Waals surface area contributed by atoms with Crippen LogP contribution in [0.15, 0.2) is 29.4 Å². The number of nitrogens with one attached hydrogen (secondary N) is 1. The van der Waals surface area contributed by atoms with Crippen molar-refractivity contribution >= 4 is 17.3 Å². The maximum absolute atomic E-state index is 12.7. The molecule has 3 N–H and O–H groups in total. The zero-order valence-corrected chi connectivity index (χ0v) is 11.0. The summed E-state index contributed by atoms with van der Waals surface area (Å²) in [5, 5.41) is 4.34. The molecular formula is C14H18N4O. The number of hydrogen-bond acceptors (Lipinski definition) is 4. The SMILES string of the molecule is CC1NN=C2c3ccccc3N(CCCN)C(=O)C21. The van der Waals surface area contributed by atoms with Crippen molar-refractivity contribution in [3.63, 3.8) is 0 Å². The molecular weight excluding hydrogens is 240 g/mol. The smallest absolute Gasteiger partial charge is 0.238 e. The van der Waals surface area contributed by atoms with Gasteiger partial charge in [-0.1, -0.05) is 18.2 Å². The molecule has 2 unspecified atom stereocenters. The summed E-state index contributed by atoms with van der Waals surface area (Å²) in [6.45, 7) is 3.25. The van der Waals surface area contributed by atoms with E-state index >= 15 is 0 Å². The summed E-state index contributed by atoms with van der Waals surface area (Å²) in [5.41, 5.74) is 11.5. The highest BCUT2D eigenvalue weighted by Crippen LogP contribution is 2.34. The van der Waals surface area contributed by atoms with Crippen molar-refractivity contribution in [2.24, 2.45) is 16.8 Å². The molecule has 1 aromatic carbocycles. The highest BCUT2D eigenvalue weighted by atomic mass is 16.2. The van der Waals surface area contributed by atoms with Crippen LogP contribution in [-0.4, -0.2) is 30.8 Å². The Kier molecular flexibility index (Phi) is 2.98. The predicted octanol–water partition coefficient (Wildman–Crippen LogP) is 0.694. The van der Waals surface area contributed by atoms with Gasteiger partial charge in [0.05, 0.1) is 17.4 Å². The van der Waals surface area contributed by atoms with Gasteiger partial charge in [0, 0.05) is 12.1 Å². The summed E-state index contributed by atoms with van der Waals surface area (Å²) in [6, 6.07) is 8.00. The second kappa shape index (κ2) is 4.66. The highest BCUT2D eigenvalue weighted by molar-refractivity contribution is 6.24. The second-order valence-corrected chi connectivity index (χ2v) is 5.04. The number of hydrazone groups is 1. The number of nitrogens with two attached hydrogens (primary N) is 1. The van der Waals surface area contributed by atoms with E-state index in [0.717, 1.165) is 23.4 Å². The fraction of sp³-hybridized carbons (Fsp3) is 0.429. The molecule has 5 nitrogen and oxygen atoms in total. The van der Waals surface area contributed by atoms with Gasteiger partial charge in [0.15, 0.2) is 0 Å². The first-order valence-corrected chi connectivity index (χ1v) is 6.68.